The molecule has 1 aromatic heterocycles. The highest BCUT2D eigenvalue weighted by Crippen LogP contribution is 2.17. The van der Waals surface area contributed by atoms with Crippen LogP contribution < -0.4 is 0 Å². The van der Waals surface area contributed by atoms with E-state index in [0.29, 0.717) is 6.42 Å². The molecule has 0 aliphatic carbocycles. The highest BCUT2D eigenvalue weighted by Gasteiger charge is 2.11. The van der Waals surface area contributed by atoms with Crippen LogP contribution in [-0.4, -0.2) is 15.1 Å². The van der Waals surface area contributed by atoms with Crippen LogP contribution in [0.3, 0.4) is 0 Å². The molecule has 62 valence electrons. The third-order valence-electron chi connectivity index (χ3n) is 1.74. The van der Waals surface area contributed by atoms with Gasteiger partial charge in [-0.15, -0.1) is 0 Å². The molecule has 0 radical (unpaired) electrons. The number of aromatic nitrogens is 2. The minimum absolute atomic E-state index is 0.417. The first-order valence-corrected chi connectivity index (χ1v) is 3.86. The topological polar surface area (TPSA) is 48.9 Å². The van der Waals surface area contributed by atoms with Crippen molar-refractivity contribution in [2.75, 3.05) is 0 Å². The molecule has 2 N–H and O–H groups in total. The molecule has 1 aromatic rings. The Hall–Kier alpha value is -0.830. The summed E-state index contributed by atoms with van der Waals surface area (Å²) in [5.74, 6) is 0.866. The molecule has 0 fully saturated rings. The predicted octanol–water partition coefficient (Wildman–Crippen LogP) is 1.47. The Labute approximate surface area is 66.5 Å². The average molecular weight is 154 g/mol. The van der Waals surface area contributed by atoms with E-state index in [-0.39, 0.29) is 0 Å². The van der Waals surface area contributed by atoms with Crippen molar-refractivity contribution in [3.63, 3.8) is 0 Å². The van der Waals surface area contributed by atoms with E-state index in [1.54, 1.807) is 0 Å². The number of aromatic amines is 1. The van der Waals surface area contributed by atoms with Gasteiger partial charge in [0, 0.05) is 5.69 Å². The average Bonchev–Trinajstić information content (AvgIpc) is 2.28. The largest absolute Gasteiger partial charge is 0.387 e. The fraction of sp³-hybridized carbons (Fsp3) is 0.625. The van der Waals surface area contributed by atoms with Gasteiger partial charge in [0.05, 0.1) is 11.8 Å². The third kappa shape index (κ3) is 1.60. The van der Waals surface area contributed by atoms with Gasteiger partial charge in [-0.05, 0) is 20.3 Å². The number of H-pyrrole nitrogens is 1. The smallest absolute Gasteiger partial charge is 0.103 e. The summed E-state index contributed by atoms with van der Waals surface area (Å²) in [5.41, 5.74) is 1.75. The minimum atomic E-state index is -0.417. The van der Waals surface area contributed by atoms with Crippen molar-refractivity contribution in [1.29, 1.82) is 0 Å². The van der Waals surface area contributed by atoms with E-state index in [4.69, 9.17) is 0 Å². The molecule has 3 heteroatoms. The summed E-state index contributed by atoms with van der Waals surface area (Å²) in [6.45, 7) is 5.75. The summed E-state index contributed by atoms with van der Waals surface area (Å²) < 4.78 is 0. The van der Waals surface area contributed by atoms with E-state index in [0.717, 1.165) is 17.2 Å². The van der Waals surface area contributed by atoms with Crippen molar-refractivity contribution >= 4 is 0 Å². The zero-order valence-corrected chi connectivity index (χ0v) is 7.18. The Bertz CT molecular complexity index is 242. The lowest BCUT2D eigenvalue weighted by atomic mass is 10.2. The van der Waals surface area contributed by atoms with Gasteiger partial charge in [-0.25, -0.2) is 4.98 Å². The maximum Gasteiger partial charge on any atom is 0.103 e. The van der Waals surface area contributed by atoms with Gasteiger partial charge in [0.2, 0.25) is 0 Å². The summed E-state index contributed by atoms with van der Waals surface area (Å²) in [6.07, 6.45) is 0.297. The minimum Gasteiger partial charge on any atom is -0.387 e. The molecule has 0 aliphatic heterocycles. The maximum absolute atomic E-state index is 9.44. The number of hydrogen-bond donors (Lipinski definition) is 2. The normalized spacial score (nSPS) is 13.5. The van der Waals surface area contributed by atoms with E-state index < -0.39 is 6.10 Å². The second-order valence-corrected chi connectivity index (χ2v) is 2.76. The Balaban J connectivity index is 2.93. The van der Waals surface area contributed by atoms with Crippen molar-refractivity contribution in [3.05, 3.63) is 17.2 Å². The molecule has 0 aliphatic rings. The van der Waals surface area contributed by atoms with Gasteiger partial charge in [0.1, 0.15) is 5.82 Å². The van der Waals surface area contributed by atoms with Crippen LogP contribution in [0.15, 0.2) is 0 Å². The van der Waals surface area contributed by atoms with Crippen LogP contribution in [0.4, 0.5) is 0 Å². The van der Waals surface area contributed by atoms with E-state index in [1.165, 1.54) is 0 Å². The van der Waals surface area contributed by atoms with Crippen molar-refractivity contribution in [3.8, 4) is 0 Å². The van der Waals surface area contributed by atoms with Gasteiger partial charge in [-0.3, -0.25) is 0 Å². The Morgan fingerprint density at radius 1 is 1.55 bits per heavy atom. The molecule has 1 rings (SSSR count). The third-order valence-corrected chi connectivity index (χ3v) is 1.74. The number of aliphatic hydroxyl groups is 1. The number of rotatable bonds is 2. The number of aryl methyl sites for hydroxylation is 2. The van der Waals surface area contributed by atoms with Crippen molar-refractivity contribution in [1.82, 2.24) is 9.97 Å². The number of aliphatic hydroxyl groups excluding tert-OH is 1. The Kier molecular flexibility index (Phi) is 2.29. The lowest BCUT2D eigenvalue weighted by Crippen LogP contribution is -1.97. The lowest BCUT2D eigenvalue weighted by molar-refractivity contribution is 0.168. The van der Waals surface area contributed by atoms with Crippen LogP contribution in [-0.2, 0) is 0 Å². The number of imidazole rings is 1. The molecule has 11 heavy (non-hydrogen) atoms. The SMILES string of the molecule is CCC(O)c1nc(C)[nH]c1C. The zero-order valence-electron chi connectivity index (χ0n) is 7.18. The van der Waals surface area contributed by atoms with Gasteiger partial charge in [-0.1, -0.05) is 6.92 Å². The second-order valence-electron chi connectivity index (χ2n) is 2.76. The highest BCUT2D eigenvalue weighted by molar-refractivity contribution is 5.14. The molecule has 0 spiro atoms. The molecule has 0 bridgehead atoms. The van der Waals surface area contributed by atoms with E-state index in [9.17, 15) is 5.11 Å². The fourth-order valence-electron chi connectivity index (χ4n) is 1.15. The quantitative estimate of drug-likeness (QED) is 0.677. The van der Waals surface area contributed by atoms with Gasteiger partial charge in [0.15, 0.2) is 0 Å². The van der Waals surface area contributed by atoms with Crippen LogP contribution >= 0.6 is 0 Å². The zero-order chi connectivity index (χ0) is 8.43. The van der Waals surface area contributed by atoms with Gasteiger partial charge in [0.25, 0.3) is 0 Å². The highest BCUT2D eigenvalue weighted by atomic mass is 16.3. The standard InChI is InChI=1S/C8H14N2O/c1-4-7(11)8-5(2)9-6(3)10-8/h7,11H,4H2,1-3H3,(H,9,10). The molecule has 1 heterocycles. The van der Waals surface area contributed by atoms with E-state index in [2.05, 4.69) is 9.97 Å². The predicted molar refractivity (Wildman–Crippen MR) is 43.3 cm³/mol. The Morgan fingerprint density at radius 2 is 2.18 bits per heavy atom. The first-order valence-electron chi connectivity index (χ1n) is 3.86. The molecule has 0 saturated carbocycles. The molecule has 0 aromatic carbocycles. The monoisotopic (exact) mass is 154 g/mol. The summed E-state index contributed by atoms with van der Waals surface area (Å²) in [6, 6.07) is 0. The molecule has 1 atom stereocenters. The molecule has 3 nitrogen and oxygen atoms in total. The first-order chi connectivity index (χ1) is 5.15. The van der Waals surface area contributed by atoms with Crippen LogP contribution in [0.1, 0.15) is 36.7 Å². The van der Waals surface area contributed by atoms with Gasteiger partial charge in [-0.2, -0.15) is 0 Å². The summed E-state index contributed by atoms with van der Waals surface area (Å²) in [7, 11) is 0. The molecule has 0 amide bonds. The fourth-order valence-corrected chi connectivity index (χ4v) is 1.15. The van der Waals surface area contributed by atoms with Crippen LogP contribution in [0.25, 0.3) is 0 Å². The molecule has 1 unspecified atom stereocenters. The van der Waals surface area contributed by atoms with Crippen LogP contribution in [0.2, 0.25) is 0 Å². The maximum atomic E-state index is 9.44. The molecule has 0 saturated heterocycles. The number of hydrogen-bond acceptors (Lipinski definition) is 2. The van der Waals surface area contributed by atoms with Gasteiger partial charge >= 0.3 is 0 Å². The second kappa shape index (κ2) is 3.05. The summed E-state index contributed by atoms with van der Waals surface area (Å²) in [5, 5.41) is 9.44. The summed E-state index contributed by atoms with van der Waals surface area (Å²) >= 11 is 0. The van der Waals surface area contributed by atoms with Gasteiger partial charge < -0.3 is 10.1 Å². The van der Waals surface area contributed by atoms with Crippen LogP contribution in [0, 0.1) is 13.8 Å². The van der Waals surface area contributed by atoms with Crippen molar-refractivity contribution < 1.29 is 5.11 Å². The van der Waals surface area contributed by atoms with E-state index >= 15 is 0 Å². The number of nitrogens with zero attached hydrogens (tertiary/aromatic N) is 1. The molecular formula is C8H14N2O. The first kappa shape index (κ1) is 8.27. The van der Waals surface area contributed by atoms with E-state index in [1.807, 2.05) is 20.8 Å². The van der Waals surface area contributed by atoms with Crippen LogP contribution in [0.5, 0.6) is 0 Å². The Morgan fingerprint density at radius 3 is 2.55 bits per heavy atom. The van der Waals surface area contributed by atoms with Crippen molar-refractivity contribution in [2.24, 2.45) is 0 Å². The lowest BCUT2D eigenvalue weighted by Gasteiger charge is -2.03. The molecular weight excluding hydrogens is 140 g/mol. The number of nitrogens with one attached hydrogen (secondary N) is 1. The summed E-state index contributed by atoms with van der Waals surface area (Å²) in [4.78, 5) is 7.23. The van der Waals surface area contributed by atoms with Crippen molar-refractivity contribution in [2.45, 2.75) is 33.3 Å².